The van der Waals surface area contributed by atoms with Crippen molar-refractivity contribution in [1.82, 2.24) is 15.1 Å². The number of benzene rings is 2. The summed E-state index contributed by atoms with van der Waals surface area (Å²) in [4.78, 5) is 34.6. The molecular weight excluding hydrogens is 468 g/mol. The molecule has 37 heavy (non-hydrogen) atoms. The second kappa shape index (κ2) is 10.7. The molecule has 1 fully saturated rings. The average Bonchev–Trinajstić information content (AvgIpc) is 3.19. The third-order valence-corrected chi connectivity index (χ3v) is 6.92. The van der Waals surface area contributed by atoms with Crippen LogP contribution in [0.5, 0.6) is 0 Å². The van der Waals surface area contributed by atoms with Crippen LogP contribution in [-0.2, 0) is 22.6 Å². The zero-order valence-corrected chi connectivity index (χ0v) is 20.9. The van der Waals surface area contributed by atoms with Gasteiger partial charge >= 0.3 is 0 Å². The maximum absolute atomic E-state index is 13.4. The Labute approximate surface area is 215 Å². The number of hydrogen-bond acceptors (Lipinski definition) is 5. The van der Waals surface area contributed by atoms with Gasteiger partial charge in [-0.3, -0.25) is 14.9 Å². The van der Waals surface area contributed by atoms with Crippen LogP contribution < -0.4 is 10.6 Å². The maximum atomic E-state index is 13.4. The number of nitrogens with zero attached hydrogens (tertiary/aromatic N) is 4. The van der Waals surface area contributed by atoms with Crippen molar-refractivity contribution >= 4 is 34.4 Å². The summed E-state index contributed by atoms with van der Waals surface area (Å²) >= 11 is 0. The highest BCUT2D eigenvalue weighted by molar-refractivity contribution is 5.98. The highest BCUT2D eigenvalue weighted by Gasteiger charge is 2.30. The molecule has 0 aliphatic carbocycles. The number of amides is 2. The predicted octanol–water partition coefficient (Wildman–Crippen LogP) is 3.55. The van der Waals surface area contributed by atoms with Gasteiger partial charge in [0, 0.05) is 30.7 Å². The summed E-state index contributed by atoms with van der Waals surface area (Å²) in [5, 5.41) is 15.9. The third-order valence-electron chi connectivity index (χ3n) is 6.92. The number of guanidine groups is 1. The fraction of sp³-hybridized carbons (Fsp3) is 0.357. The van der Waals surface area contributed by atoms with Crippen molar-refractivity contribution in [2.45, 2.75) is 45.2 Å². The summed E-state index contributed by atoms with van der Waals surface area (Å²) in [6.07, 6.45) is 4.88. The minimum Gasteiger partial charge on any atom is -0.461 e. The van der Waals surface area contributed by atoms with Crippen molar-refractivity contribution in [3.63, 3.8) is 0 Å². The van der Waals surface area contributed by atoms with Crippen molar-refractivity contribution in [2.24, 2.45) is 4.99 Å². The van der Waals surface area contributed by atoms with Gasteiger partial charge in [-0.2, -0.15) is 5.26 Å². The number of aliphatic imine (C=N–C) groups is 1. The number of hydrogen-bond donors (Lipinski definition) is 2. The van der Waals surface area contributed by atoms with E-state index in [1.54, 1.807) is 4.90 Å². The Bertz CT molecular complexity index is 1390. The van der Waals surface area contributed by atoms with Gasteiger partial charge in [0.25, 0.3) is 0 Å². The fourth-order valence-corrected chi connectivity index (χ4v) is 5.03. The molecule has 0 radical (unpaired) electrons. The van der Waals surface area contributed by atoms with Gasteiger partial charge in [0.1, 0.15) is 17.4 Å². The Morgan fingerprint density at radius 3 is 2.84 bits per heavy atom. The molecule has 0 bridgehead atoms. The molecule has 0 spiro atoms. The van der Waals surface area contributed by atoms with E-state index < -0.39 is 6.04 Å². The first-order valence-electron chi connectivity index (χ1n) is 12.6. The third kappa shape index (κ3) is 5.59. The number of carbonyl (C=O) groups excluding carboxylic acids is 2. The van der Waals surface area contributed by atoms with E-state index in [4.69, 9.17) is 4.42 Å². The molecule has 2 aromatic carbocycles. The van der Waals surface area contributed by atoms with Gasteiger partial charge in [-0.25, -0.2) is 4.99 Å². The van der Waals surface area contributed by atoms with Crippen molar-refractivity contribution in [3.05, 3.63) is 65.4 Å². The van der Waals surface area contributed by atoms with Gasteiger partial charge in [0.2, 0.25) is 17.8 Å². The quantitative estimate of drug-likeness (QED) is 0.246. The number of anilines is 1. The number of furan rings is 1. The number of rotatable bonds is 4. The number of nitriles is 1. The van der Waals surface area contributed by atoms with Crippen LogP contribution in [0.4, 0.5) is 5.69 Å². The maximum Gasteiger partial charge on any atom is 0.247 e. The Kier molecular flexibility index (Phi) is 7.08. The lowest BCUT2D eigenvalue weighted by molar-refractivity contribution is -0.141. The van der Waals surface area contributed by atoms with Crippen LogP contribution in [0.25, 0.3) is 11.0 Å². The fourth-order valence-electron chi connectivity index (χ4n) is 5.03. The largest absolute Gasteiger partial charge is 0.461 e. The SMILES string of the molecule is Cc1cc2cc(NC(=N[C@H]3CCCCN(CC(=O)N4CCc5ccccc5C4)C3=O)NC#N)ccc2o1. The van der Waals surface area contributed by atoms with Crippen molar-refractivity contribution in [3.8, 4) is 6.19 Å². The van der Waals surface area contributed by atoms with Crippen LogP contribution in [0, 0.1) is 18.4 Å². The van der Waals surface area contributed by atoms with E-state index in [2.05, 4.69) is 27.8 Å². The standard InChI is InChI=1S/C28H30N6O3/c1-19-14-22-15-23(9-10-25(22)37-19)31-28(30-18-29)32-24-8-4-5-12-34(27(24)36)17-26(35)33-13-11-20-6-2-3-7-21(20)16-33/h2-3,6-7,9-10,14-15,24H,4-5,8,11-13,16-17H2,1H3,(H2,30,31,32)/t24-/m0/s1. The molecular formula is C28H30N6O3. The Balaban J connectivity index is 1.28. The minimum atomic E-state index is -0.680. The summed E-state index contributed by atoms with van der Waals surface area (Å²) < 4.78 is 5.62. The summed E-state index contributed by atoms with van der Waals surface area (Å²) in [5.74, 6) is 0.762. The molecule has 2 aliphatic rings. The highest BCUT2D eigenvalue weighted by atomic mass is 16.3. The molecule has 5 rings (SSSR count). The van der Waals surface area contributed by atoms with E-state index >= 15 is 0 Å². The van der Waals surface area contributed by atoms with Crippen LogP contribution in [0.1, 0.15) is 36.1 Å². The minimum absolute atomic E-state index is 0.0397. The number of nitrogens with one attached hydrogen (secondary N) is 2. The summed E-state index contributed by atoms with van der Waals surface area (Å²) in [5.41, 5.74) is 3.92. The normalized spacial score (nSPS) is 18.2. The second-order valence-corrected chi connectivity index (χ2v) is 9.55. The molecule has 0 saturated carbocycles. The van der Waals surface area contributed by atoms with Gasteiger partial charge in [-0.1, -0.05) is 24.3 Å². The molecule has 3 aromatic rings. The van der Waals surface area contributed by atoms with Crippen LogP contribution in [0.2, 0.25) is 0 Å². The monoisotopic (exact) mass is 498 g/mol. The summed E-state index contributed by atoms with van der Waals surface area (Å²) in [6, 6.07) is 15.0. The van der Waals surface area contributed by atoms with Crippen LogP contribution in [0.3, 0.4) is 0 Å². The van der Waals surface area contributed by atoms with Gasteiger partial charge < -0.3 is 19.5 Å². The molecule has 1 atom stereocenters. The number of carbonyl (C=O) groups is 2. The van der Waals surface area contributed by atoms with E-state index in [1.807, 2.05) is 54.4 Å². The molecule has 190 valence electrons. The van der Waals surface area contributed by atoms with Gasteiger partial charge in [0.05, 0.1) is 6.54 Å². The van der Waals surface area contributed by atoms with Gasteiger partial charge in [-0.15, -0.1) is 0 Å². The Morgan fingerprint density at radius 2 is 2.00 bits per heavy atom. The second-order valence-electron chi connectivity index (χ2n) is 9.55. The zero-order valence-electron chi connectivity index (χ0n) is 20.9. The van der Waals surface area contributed by atoms with E-state index in [9.17, 15) is 14.9 Å². The number of fused-ring (bicyclic) bond motifs is 2. The van der Waals surface area contributed by atoms with Crippen LogP contribution in [-0.4, -0.2) is 53.2 Å². The molecule has 9 nitrogen and oxygen atoms in total. The lowest BCUT2D eigenvalue weighted by Gasteiger charge is -2.31. The Hall–Kier alpha value is -4.32. The van der Waals surface area contributed by atoms with Crippen LogP contribution >= 0.6 is 0 Å². The van der Waals surface area contributed by atoms with E-state index in [0.29, 0.717) is 31.7 Å². The first-order valence-corrected chi connectivity index (χ1v) is 12.6. The lowest BCUT2D eigenvalue weighted by Crippen LogP contribution is -2.47. The average molecular weight is 499 g/mol. The first kappa shape index (κ1) is 24.4. The Morgan fingerprint density at radius 1 is 1.16 bits per heavy atom. The van der Waals surface area contributed by atoms with E-state index in [0.717, 1.165) is 41.6 Å². The number of aryl methyl sites for hydroxylation is 1. The molecule has 2 aliphatic heterocycles. The van der Waals surface area contributed by atoms with E-state index in [1.165, 1.54) is 5.56 Å². The lowest BCUT2D eigenvalue weighted by atomic mass is 10.00. The molecule has 0 unspecified atom stereocenters. The topological polar surface area (TPSA) is 114 Å². The first-order chi connectivity index (χ1) is 18.0. The van der Waals surface area contributed by atoms with Gasteiger partial charge in [0.15, 0.2) is 6.19 Å². The molecule has 9 heteroatoms. The molecule has 3 heterocycles. The molecule has 1 aromatic heterocycles. The summed E-state index contributed by atoms with van der Waals surface area (Å²) in [6.45, 7) is 3.67. The molecule has 1 saturated heterocycles. The highest BCUT2D eigenvalue weighted by Crippen LogP contribution is 2.23. The molecule has 2 N–H and O–H groups in total. The molecule has 2 amide bonds. The number of likely N-dealkylation sites (tertiary alicyclic amines) is 1. The van der Waals surface area contributed by atoms with Gasteiger partial charge in [-0.05, 0) is 68.0 Å². The summed E-state index contributed by atoms with van der Waals surface area (Å²) in [7, 11) is 0. The van der Waals surface area contributed by atoms with Crippen molar-refractivity contribution in [2.75, 3.05) is 25.0 Å². The predicted molar refractivity (Wildman–Crippen MR) is 141 cm³/mol. The van der Waals surface area contributed by atoms with Crippen molar-refractivity contribution in [1.29, 1.82) is 5.26 Å². The smallest absolute Gasteiger partial charge is 0.247 e. The zero-order chi connectivity index (χ0) is 25.8. The van der Waals surface area contributed by atoms with Crippen molar-refractivity contribution < 1.29 is 14.0 Å². The van der Waals surface area contributed by atoms with Crippen LogP contribution in [0.15, 0.2) is 57.9 Å². The van der Waals surface area contributed by atoms with E-state index in [-0.39, 0.29) is 24.3 Å².